The summed E-state index contributed by atoms with van der Waals surface area (Å²) in [4.78, 5) is 11.2. The molecule has 2 nitrogen and oxygen atoms in total. The van der Waals surface area contributed by atoms with E-state index in [0.29, 0.717) is 16.3 Å². The first kappa shape index (κ1) is 9.55. The number of alkyl halides is 1. The van der Waals surface area contributed by atoms with Crippen molar-refractivity contribution in [3.8, 4) is 0 Å². The van der Waals surface area contributed by atoms with Crippen molar-refractivity contribution in [2.75, 3.05) is 11.1 Å². The van der Waals surface area contributed by atoms with Crippen LogP contribution in [0.15, 0.2) is 18.2 Å². The zero-order chi connectivity index (χ0) is 9.14. The fraction of sp³-hybridized carbons (Fsp3) is 0.125. The summed E-state index contributed by atoms with van der Waals surface area (Å²) >= 11 is 8.73. The van der Waals surface area contributed by atoms with Crippen LogP contribution in [0.3, 0.4) is 0 Å². The van der Waals surface area contributed by atoms with Gasteiger partial charge < -0.3 is 5.73 Å². The minimum atomic E-state index is -0.0378. The van der Waals surface area contributed by atoms with Gasteiger partial charge in [-0.3, -0.25) is 4.79 Å². The molecule has 0 aromatic heterocycles. The number of Topliss-reactive ketones (excluding diaryl/α,β-unsaturated/α-hetero) is 1. The number of ketones is 1. The van der Waals surface area contributed by atoms with Gasteiger partial charge in [0.15, 0.2) is 5.78 Å². The normalized spacial score (nSPS) is 9.83. The van der Waals surface area contributed by atoms with Crippen molar-refractivity contribution in [1.82, 2.24) is 0 Å². The lowest BCUT2D eigenvalue weighted by molar-refractivity contribution is 0.102. The Bertz CT molecular complexity index is 314. The highest BCUT2D eigenvalue weighted by atomic mass is 79.9. The number of benzene rings is 1. The minimum Gasteiger partial charge on any atom is -0.398 e. The number of nitrogen functional groups attached to an aromatic ring is 1. The molecular weight excluding hydrogens is 241 g/mol. The molecule has 1 rings (SSSR count). The number of carbonyl (C=O) groups is 1. The zero-order valence-electron chi connectivity index (χ0n) is 6.18. The highest BCUT2D eigenvalue weighted by Gasteiger charge is 2.07. The third-order valence-corrected chi connectivity index (χ3v) is 2.18. The van der Waals surface area contributed by atoms with Gasteiger partial charge in [0.1, 0.15) is 0 Å². The lowest BCUT2D eigenvalue weighted by atomic mass is 10.1. The molecule has 0 saturated heterocycles. The van der Waals surface area contributed by atoms with Gasteiger partial charge in [-0.2, -0.15) is 0 Å². The van der Waals surface area contributed by atoms with Gasteiger partial charge in [-0.15, -0.1) is 0 Å². The Morgan fingerprint density at radius 1 is 1.58 bits per heavy atom. The van der Waals surface area contributed by atoms with Gasteiger partial charge in [-0.25, -0.2) is 0 Å². The van der Waals surface area contributed by atoms with Crippen molar-refractivity contribution in [2.24, 2.45) is 0 Å². The van der Waals surface area contributed by atoms with Crippen LogP contribution >= 0.6 is 27.5 Å². The van der Waals surface area contributed by atoms with E-state index in [0.717, 1.165) is 0 Å². The summed E-state index contributed by atoms with van der Waals surface area (Å²) in [6.07, 6.45) is 0. The van der Waals surface area contributed by atoms with Crippen LogP contribution in [0.1, 0.15) is 10.4 Å². The van der Waals surface area contributed by atoms with E-state index in [1.54, 1.807) is 18.2 Å². The van der Waals surface area contributed by atoms with Crippen molar-refractivity contribution in [3.63, 3.8) is 0 Å². The molecule has 0 aliphatic heterocycles. The largest absolute Gasteiger partial charge is 0.398 e. The van der Waals surface area contributed by atoms with E-state index in [-0.39, 0.29) is 11.1 Å². The van der Waals surface area contributed by atoms with Crippen molar-refractivity contribution in [3.05, 3.63) is 28.8 Å². The lowest BCUT2D eigenvalue weighted by Gasteiger charge is -2.01. The number of nitrogens with two attached hydrogens (primary N) is 1. The molecule has 0 bridgehead atoms. The van der Waals surface area contributed by atoms with Gasteiger partial charge in [0.25, 0.3) is 0 Å². The summed E-state index contributed by atoms with van der Waals surface area (Å²) in [7, 11) is 0. The van der Waals surface area contributed by atoms with Crippen molar-refractivity contribution in [2.45, 2.75) is 0 Å². The first-order valence-electron chi connectivity index (χ1n) is 3.29. The molecule has 0 fully saturated rings. The van der Waals surface area contributed by atoms with Crippen LogP contribution in [0.2, 0.25) is 5.02 Å². The maximum Gasteiger partial charge on any atom is 0.175 e. The molecule has 1 aromatic carbocycles. The van der Waals surface area contributed by atoms with E-state index < -0.39 is 0 Å². The van der Waals surface area contributed by atoms with Crippen LogP contribution in [0.5, 0.6) is 0 Å². The summed E-state index contributed by atoms with van der Waals surface area (Å²) in [6.45, 7) is 0. The molecule has 0 atom stereocenters. The first-order valence-corrected chi connectivity index (χ1v) is 4.79. The highest BCUT2D eigenvalue weighted by Crippen LogP contribution is 2.18. The number of halogens is 2. The summed E-state index contributed by atoms with van der Waals surface area (Å²) < 4.78 is 0. The number of carbonyl (C=O) groups excluding carboxylic acids is 1. The Morgan fingerprint density at radius 3 is 2.75 bits per heavy atom. The fourth-order valence-corrected chi connectivity index (χ4v) is 1.34. The molecule has 0 spiro atoms. The number of anilines is 1. The maximum atomic E-state index is 11.2. The summed E-state index contributed by atoms with van der Waals surface area (Å²) in [5.74, 6) is -0.0378. The standard InChI is InChI=1S/C8H7BrClNO/c9-4-8(12)6-2-1-5(10)3-7(6)11/h1-3H,4,11H2. The Hall–Kier alpha value is -0.540. The highest BCUT2D eigenvalue weighted by molar-refractivity contribution is 9.09. The Morgan fingerprint density at radius 2 is 2.25 bits per heavy atom. The molecule has 64 valence electrons. The van der Waals surface area contributed by atoms with Crippen LogP contribution in [-0.2, 0) is 0 Å². The van der Waals surface area contributed by atoms with Crippen LogP contribution in [0.25, 0.3) is 0 Å². The summed E-state index contributed by atoms with van der Waals surface area (Å²) in [6, 6.07) is 4.84. The van der Waals surface area contributed by atoms with Gasteiger partial charge >= 0.3 is 0 Å². The number of hydrogen-bond donors (Lipinski definition) is 1. The monoisotopic (exact) mass is 247 g/mol. The van der Waals surface area contributed by atoms with Crippen molar-refractivity contribution in [1.29, 1.82) is 0 Å². The van der Waals surface area contributed by atoms with E-state index in [4.69, 9.17) is 17.3 Å². The molecule has 1 aromatic rings. The first-order chi connectivity index (χ1) is 5.65. The Labute approximate surface area is 83.8 Å². The molecule has 0 aliphatic rings. The molecular formula is C8H7BrClNO. The molecule has 0 aliphatic carbocycles. The maximum absolute atomic E-state index is 11.2. The molecule has 12 heavy (non-hydrogen) atoms. The van der Waals surface area contributed by atoms with E-state index in [1.165, 1.54) is 0 Å². The molecule has 4 heteroatoms. The lowest BCUT2D eigenvalue weighted by Crippen LogP contribution is -2.04. The van der Waals surface area contributed by atoms with Crippen LogP contribution in [-0.4, -0.2) is 11.1 Å². The second-order valence-corrected chi connectivity index (χ2v) is 3.29. The second kappa shape index (κ2) is 3.92. The van der Waals surface area contributed by atoms with Gasteiger partial charge in [-0.1, -0.05) is 27.5 Å². The average molecular weight is 249 g/mol. The minimum absolute atomic E-state index is 0.0378. The molecule has 0 heterocycles. The van der Waals surface area contributed by atoms with Crippen LogP contribution in [0, 0.1) is 0 Å². The molecule has 0 amide bonds. The summed E-state index contributed by atoms with van der Waals surface area (Å²) in [5, 5.41) is 0.817. The fourth-order valence-electron chi connectivity index (χ4n) is 0.860. The van der Waals surface area contributed by atoms with Crippen LogP contribution < -0.4 is 5.73 Å². The van der Waals surface area contributed by atoms with Crippen molar-refractivity contribution >= 4 is 39.0 Å². The third-order valence-electron chi connectivity index (χ3n) is 1.44. The Balaban J connectivity index is 3.09. The van der Waals surface area contributed by atoms with E-state index in [9.17, 15) is 4.79 Å². The smallest absolute Gasteiger partial charge is 0.175 e. The SMILES string of the molecule is Nc1cc(Cl)ccc1C(=O)CBr. The molecule has 2 N–H and O–H groups in total. The summed E-state index contributed by atoms with van der Waals surface area (Å²) in [5.41, 5.74) is 6.51. The second-order valence-electron chi connectivity index (χ2n) is 2.29. The van der Waals surface area contributed by atoms with E-state index >= 15 is 0 Å². The van der Waals surface area contributed by atoms with Gasteiger partial charge in [0.05, 0.1) is 5.33 Å². The zero-order valence-corrected chi connectivity index (χ0v) is 8.52. The van der Waals surface area contributed by atoms with Gasteiger partial charge in [0, 0.05) is 16.3 Å². The van der Waals surface area contributed by atoms with Crippen molar-refractivity contribution < 1.29 is 4.79 Å². The predicted octanol–water partition coefficient (Wildman–Crippen LogP) is 2.50. The average Bonchev–Trinajstić information content (AvgIpc) is 2.03. The predicted molar refractivity (Wildman–Crippen MR) is 54.0 cm³/mol. The van der Waals surface area contributed by atoms with Gasteiger partial charge in [0.2, 0.25) is 0 Å². The molecule has 0 saturated carbocycles. The number of hydrogen-bond acceptors (Lipinski definition) is 2. The third kappa shape index (κ3) is 1.99. The molecule has 0 radical (unpaired) electrons. The van der Waals surface area contributed by atoms with Crippen LogP contribution in [0.4, 0.5) is 5.69 Å². The van der Waals surface area contributed by atoms with E-state index in [1.807, 2.05) is 0 Å². The number of rotatable bonds is 2. The van der Waals surface area contributed by atoms with E-state index in [2.05, 4.69) is 15.9 Å². The molecule has 0 unspecified atom stereocenters. The van der Waals surface area contributed by atoms with Gasteiger partial charge in [-0.05, 0) is 18.2 Å². The Kier molecular flexibility index (Phi) is 3.12. The topological polar surface area (TPSA) is 43.1 Å². The quantitative estimate of drug-likeness (QED) is 0.496.